The number of rotatable bonds is 4. The molecule has 1 heterocycles. The minimum absolute atomic E-state index is 0.138. The van der Waals surface area contributed by atoms with Gasteiger partial charge in [-0.25, -0.2) is 0 Å². The lowest BCUT2D eigenvalue weighted by Crippen LogP contribution is -2.52. The van der Waals surface area contributed by atoms with Crippen molar-refractivity contribution in [2.45, 2.75) is 52.3 Å². The Balaban J connectivity index is 2.41. The van der Waals surface area contributed by atoms with Gasteiger partial charge >= 0.3 is 0 Å². The van der Waals surface area contributed by atoms with Crippen LogP contribution in [-0.2, 0) is 4.74 Å². The lowest BCUT2D eigenvalue weighted by Gasteiger charge is -2.38. The summed E-state index contributed by atoms with van der Waals surface area (Å²) in [4.78, 5) is 2.51. The van der Waals surface area contributed by atoms with Crippen molar-refractivity contribution in [1.29, 1.82) is 0 Å². The van der Waals surface area contributed by atoms with E-state index in [0.717, 1.165) is 25.6 Å². The molecule has 3 heteroatoms. The summed E-state index contributed by atoms with van der Waals surface area (Å²) in [6.07, 6.45) is 1.47. The molecule has 2 N–H and O–H groups in total. The molecule has 1 aliphatic heterocycles. The molecule has 0 aromatic carbocycles. The minimum Gasteiger partial charge on any atom is -0.374 e. The van der Waals surface area contributed by atoms with Gasteiger partial charge in [0.05, 0.1) is 12.7 Å². The molecule has 0 aromatic heterocycles. The third-order valence-corrected chi connectivity index (χ3v) is 3.15. The summed E-state index contributed by atoms with van der Waals surface area (Å²) in [7, 11) is 0. The molecule has 3 nitrogen and oxygen atoms in total. The molecule has 1 rings (SSSR count). The molecule has 1 aliphatic rings. The molecule has 0 amide bonds. The standard InChI is InChI=1S/C12H26N2O/c1-9(2)7-10(3)14-5-6-15-12(8-14)11(4)13/h9-12H,5-8,13H2,1-4H3. The fourth-order valence-electron chi connectivity index (χ4n) is 2.25. The van der Waals surface area contributed by atoms with Gasteiger partial charge in [0, 0.05) is 25.2 Å². The summed E-state index contributed by atoms with van der Waals surface area (Å²) in [5, 5.41) is 0. The zero-order chi connectivity index (χ0) is 11.4. The molecule has 3 atom stereocenters. The van der Waals surface area contributed by atoms with Crippen LogP contribution in [0, 0.1) is 5.92 Å². The fraction of sp³-hybridized carbons (Fsp3) is 1.00. The maximum Gasteiger partial charge on any atom is 0.0850 e. The second-order valence-electron chi connectivity index (χ2n) is 5.24. The molecule has 1 saturated heterocycles. The van der Waals surface area contributed by atoms with E-state index in [1.54, 1.807) is 0 Å². The zero-order valence-electron chi connectivity index (χ0n) is 10.6. The molecule has 0 aliphatic carbocycles. The first kappa shape index (κ1) is 12.9. The highest BCUT2D eigenvalue weighted by molar-refractivity contribution is 4.80. The summed E-state index contributed by atoms with van der Waals surface area (Å²) in [5.74, 6) is 0.761. The van der Waals surface area contributed by atoms with Crippen molar-refractivity contribution in [2.75, 3.05) is 19.7 Å². The van der Waals surface area contributed by atoms with Crippen molar-refractivity contribution in [1.82, 2.24) is 4.90 Å². The van der Waals surface area contributed by atoms with E-state index < -0.39 is 0 Å². The third kappa shape index (κ3) is 4.09. The second-order valence-corrected chi connectivity index (χ2v) is 5.24. The predicted molar refractivity (Wildman–Crippen MR) is 63.9 cm³/mol. The lowest BCUT2D eigenvalue weighted by atomic mass is 10.0. The van der Waals surface area contributed by atoms with Crippen molar-refractivity contribution in [3.63, 3.8) is 0 Å². The van der Waals surface area contributed by atoms with Crippen LogP contribution in [0.25, 0.3) is 0 Å². The molecule has 0 spiro atoms. The summed E-state index contributed by atoms with van der Waals surface area (Å²) in [6, 6.07) is 0.786. The van der Waals surface area contributed by atoms with Gasteiger partial charge in [0.15, 0.2) is 0 Å². The number of ether oxygens (including phenoxy) is 1. The highest BCUT2D eigenvalue weighted by atomic mass is 16.5. The molecule has 0 radical (unpaired) electrons. The first-order valence-electron chi connectivity index (χ1n) is 6.12. The van der Waals surface area contributed by atoms with E-state index in [4.69, 9.17) is 10.5 Å². The van der Waals surface area contributed by atoms with Gasteiger partial charge < -0.3 is 10.5 Å². The maximum absolute atomic E-state index is 5.88. The smallest absolute Gasteiger partial charge is 0.0850 e. The Hall–Kier alpha value is -0.120. The van der Waals surface area contributed by atoms with Crippen molar-refractivity contribution in [3.05, 3.63) is 0 Å². The van der Waals surface area contributed by atoms with Gasteiger partial charge in [-0.3, -0.25) is 4.90 Å². The fourth-order valence-corrected chi connectivity index (χ4v) is 2.25. The number of hydrogen-bond acceptors (Lipinski definition) is 3. The topological polar surface area (TPSA) is 38.5 Å². The van der Waals surface area contributed by atoms with Crippen LogP contribution >= 0.6 is 0 Å². The van der Waals surface area contributed by atoms with Crippen LogP contribution in [-0.4, -0.2) is 42.8 Å². The van der Waals surface area contributed by atoms with Crippen LogP contribution in [0.1, 0.15) is 34.1 Å². The molecule has 90 valence electrons. The van der Waals surface area contributed by atoms with Crippen molar-refractivity contribution >= 4 is 0 Å². The van der Waals surface area contributed by atoms with E-state index >= 15 is 0 Å². The Morgan fingerprint density at radius 1 is 1.33 bits per heavy atom. The van der Waals surface area contributed by atoms with Gasteiger partial charge in [0.25, 0.3) is 0 Å². The second kappa shape index (κ2) is 5.83. The predicted octanol–water partition coefficient (Wildman–Crippen LogP) is 1.47. The first-order chi connectivity index (χ1) is 7.00. The van der Waals surface area contributed by atoms with Gasteiger partial charge in [-0.05, 0) is 26.2 Å². The molecule has 3 unspecified atom stereocenters. The van der Waals surface area contributed by atoms with Gasteiger partial charge in [-0.15, -0.1) is 0 Å². The van der Waals surface area contributed by atoms with Gasteiger partial charge in [-0.1, -0.05) is 13.8 Å². The Kier molecular flexibility index (Phi) is 5.03. The quantitative estimate of drug-likeness (QED) is 0.770. The monoisotopic (exact) mass is 214 g/mol. The van der Waals surface area contributed by atoms with Gasteiger partial charge in [-0.2, -0.15) is 0 Å². The molecule has 0 bridgehead atoms. The third-order valence-electron chi connectivity index (χ3n) is 3.15. The number of hydrogen-bond donors (Lipinski definition) is 1. The zero-order valence-corrected chi connectivity index (χ0v) is 10.6. The van der Waals surface area contributed by atoms with Crippen molar-refractivity contribution in [2.24, 2.45) is 11.7 Å². The summed E-state index contributed by atoms with van der Waals surface area (Å²) >= 11 is 0. The Labute approximate surface area is 94.0 Å². The van der Waals surface area contributed by atoms with E-state index in [1.807, 2.05) is 6.92 Å². The number of nitrogens with two attached hydrogens (primary N) is 1. The Morgan fingerprint density at radius 2 is 2.00 bits per heavy atom. The highest BCUT2D eigenvalue weighted by Gasteiger charge is 2.26. The summed E-state index contributed by atoms with van der Waals surface area (Å²) in [5.41, 5.74) is 5.88. The molecule has 0 saturated carbocycles. The van der Waals surface area contributed by atoms with Gasteiger partial charge in [0.2, 0.25) is 0 Å². The summed E-state index contributed by atoms with van der Waals surface area (Å²) in [6.45, 7) is 11.8. The Morgan fingerprint density at radius 3 is 2.53 bits per heavy atom. The molecular formula is C12H26N2O. The van der Waals surface area contributed by atoms with Crippen molar-refractivity contribution < 1.29 is 4.74 Å². The normalized spacial score (nSPS) is 28.0. The maximum atomic E-state index is 5.88. The van der Waals surface area contributed by atoms with E-state index in [-0.39, 0.29) is 12.1 Å². The van der Waals surface area contributed by atoms with Crippen LogP contribution in [0.3, 0.4) is 0 Å². The van der Waals surface area contributed by atoms with E-state index in [1.165, 1.54) is 6.42 Å². The van der Waals surface area contributed by atoms with E-state index in [2.05, 4.69) is 25.7 Å². The molecule has 1 fully saturated rings. The summed E-state index contributed by atoms with van der Waals surface area (Å²) < 4.78 is 5.66. The highest BCUT2D eigenvalue weighted by Crippen LogP contribution is 2.16. The lowest BCUT2D eigenvalue weighted by molar-refractivity contribution is -0.0514. The van der Waals surface area contributed by atoms with Crippen LogP contribution in [0.2, 0.25) is 0 Å². The van der Waals surface area contributed by atoms with E-state index in [9.17, 15) is 0 Å². The SMILES string of the molecule is CC(C)CC(C)N1CCOC(C(C)N)C1. The average molecular weight is 214 g/mol. The molecule has 15 heavy (non-hydrogen) atoms. The average Bonchev–Trinajstić information content (AvgIpc) is 2.17. The number of nitrogens with zero attached hydrogens (tertiary/aromatic N) is 1. The van der Waals surface area contributed by atoms with Crippen LogP contribution in [0.5, 0.6) is 0 Å². The van der Waals surface area contributed by atoms with Crippen molar-refractivity contribution in [3.8, 4) is 0 Å². The molecule has 0 aromatic rings. The Bertz CT molecular complexity index is 182. The first-order valence-corrected chi connectivity index (χ1v) is 6.12. The number of morpholine rings is 1. The minimum atomic E-state index is 0.138. The largest absolute Gasteiger partial charge is 0.374 e. The van der Waals surface area contributed by atoms with Crippen LogP contribution in [0.4, 0.5) is 0 Å². The van der Waals surface area contributed by atoms with Crippen LogP contribution in [0.15, 0.2) is 0 Å². The van der Waals surface area contributed by atoms with Crippen LogP contribution < -0.4 is 5.73 Å². The molecular weight excluding hydrogens is 188 g/mol. The van der Waals surface area contributed by atoms with Gasteiger partial charge in [0.1, 0.15) is 0 Å². The van der Waals surface area contributed by atoms with E-state index in [0.29, 0.717) is 6.04 Å².